The van der Waals surface area contributed by atoms with Crippen LogP contribution in [0.4, 0.5) is 0 Å². The minimum atomic E-state index is 0.0910. The van der Waals surface area contributed by atoms with Crippen LogP contribution in [0.15, 0.2) is 29.2 Å². The highest BCUT2D eigenvalue weighted by molar-refractivity contribution is 5.11. The van der Waals surface area contributed by atoms with Crippen molar-refractivity contribution in [1.29, 1.82) is 0 Å². The predicted octanol–water partition coefficient (Wildman–Crippen LogP) is 1.62. The van der Waals surface area contributed by atoms with Crippen molar-refractivity contribution in [2.24, 2.45) is 5.73 Å². The minimum Gasteiger partial charge on any atom is -0.464 e. The zero-order valence-corrected chi connectivity index (χ0v) is 8.62. The standard InChI is InChI=1S/C11H18N2O/c1-3-7-13-10(8-12)11-6-5-9(4-2)14-11/h3,5-6,10,13H,1,4,7-8,12H2,2H3. The van der Waals surface area contributed by atoms with Gasteiger partial charge in [0.15, 0.2) is 0 Å². The molecule has 0 amide bonds. The predicted molar refractivity (Wildman–Crippen MR) is 58.1 cm³/mol. The smallest absolute Gasteiger partial charge is 0.122 e. The highest BCUT2D eigenvalue weighted by Crippen LogP contribution is 2.15. The van der Waals surface area contributed by atoms with Crippen molar-refractivity contribution in [3.05, 3.63) is 36.3 Å². The molecule has 0 saturated heterocycles. The number of nitrogens with one attached hydrogen (secondary N) is 1. The molecule has 1 unspecified atom stereocenters. The first kappa shape index (κ1) is 11.0. The van der Waals surface area contributed by atoms with Gasteiger partial charge >= 0.3 is 0 Å². The van der Waals surface area contributed by atoms with Crippen LogP contribution in [0.1, 0.15) is 24.5 Å². The molecule has 3 heteroatoms. The molecule has 0 radical (unpaired) electrons. The summed E-state index contributed by atoms with van der Waals surface area (Å²) in [6.45, 7) is 6.99. The summed E-state index contributed by atoms with van der Waals surface area (Å²) in [6, 6.07) is 4.06. The molecule has 0 fully saturated rings. The normalized spacial score (nSPS) is 12.7. The minimum absolute atomic E-state index is 0.0910. The molecule has 3 N–H and O–H groups in total. The van der Waals surface area contributed by atoms with Crippen LogP contribution < -0.4 is 11.1 Å². The first-order valence-electron chi connectivity index (χ1n) is 4.94. The van der Waals surface area contributed by atoms with Crippen LogP contribution in [0.5, 0.6) is 0 Å². The van der Waals surface area contributed by atoms with Gasteiger partial charge in [-0.15, -0.1) is 6.58 Å². The van der Waals surface area contributed by atoms with E-state index in [1.54, 1.807) is 0 Å². The quantitative estimate of drug-likeness (QED) is 0.676. The molecular formula is C11H18N2O. The van der Waals surface area contributed by atoms with Gasteiger partial charge in [-0.25, -0.2) is 0 Å². The molecule has 1 aromatic heterocycles. The maximum Gasteiger partial charge on any atom is 0.122 e. The number of furan rings is 1. The van der Waals surface area contributed by atoms with E-state index in [0.29, 0.717) is 6.54 Å². The topological polar surface area (TPSA) is 51.2 Å². The third kappa shape index (κ3) is 2.72. The fourth-order valence-corrected chi connectivity index (χ4v) is 1.30. The van der Waals surface area contributed by atoms with Crippen molar-refractivity contribution < 1.29 is 4.42 Å². The van der Waals surface area contributed by atoms with Crippen LogP contribution >= 0.6 is 0 Å². The molecule has 14 heavy (non-hydrogen) atoms. The lowest BCUT2D eigenvalue weighted by molar-refractivity contribution is 0.406. The summed E-state index contributed by atoms with van der Waals surface area (Å²) in [6.07, 6.45) is 2.73. The molecule has 1 rings (SSSR count). The van der Waals surface area contributed by atoms with Crippen LogP contribution in [-0.4, -0.2) is 13.1 Å². The third-order valence-corrected chi connectivity index (χ3v) is 2.12. The van der Waals surface area contributed by atoms with Gasteiger partial charge in [-0.05, 0) is 12.1 Å². The van der Waals surface area contributed by atoms with Crippen molar-refractivity contribution in [3.63, 3.8) is 0 Å². The Morgan fingerprint density at radius 2 is 2.43 bits per heavy atom. The summed E-state index contributed by atoms with van der Waals surface area (Å²) in [5.41, 5.74) is 5.64. The molecule has 1 heterocycles. The molecule has 0 bridgehead atoms. The highest BCUT2D eigenvalue weighted by Gasteiger charge is 2.11. The fourth-order valence-electron chi connectivity index (χ4n) is 1.30. The van der Waals surface area contributed by atoms with Gasteiger partial charge in [0.2, 0.25) is 0 Å². The molecule has 0 spiro atoms. The average Bonchev–Trinajstić information content (AvgIpc) is 2.68. The van der Waals surface area contributed by atoms with Gasteiger partial charge in [0.05, 0.1) is 6.04 Å². The Labute approximate surface area is 85.0 Å². The fraction of sp³-hybridized carbons (Fsp3) is 0.455. The van der Waals surface area contributed by atoms with Gasteiger partial charge in [0, 0.05) is 19.5 Å². The molecule has 0 aliphatic heterocycles. The van der Waals surface area contributed by atoms with Crippen LogP contribution in [0, 0.1) is 0 Å². The number of hydrogen-bond donors (Lipinski definition) is 2. The van der Waals surface area contributed by atoms with E-state index in [-0.39, 0.29) is 6.04 Å². The first-order chi connectivity index (χ1) is 6.81. The summed E-state index contributed by atoms with van der Waals surface area (Å²) in [4.78, 5) is 0. The third-order valence-electron chi connectivity index (χ3n) is 2.12. The molecule has 78 valence electrons. The number of aryl methyl sites for hydroxylation is 1. The Bertz CT molecular complexity index is 281. The Balaban J connectivity index is 2.63. The monoisotopic (exact) mass is 194 g/mol. The van der Waals surface area contributed by atoms with E-state index in [0.717, 1.165) is 24.5 Å². The summed E-state index contributed by atoms with van der Waals surface area (Å²) >= 11 is 0. The number of rotatable bonds is 6. The Morgan fingerprint density at radius 3 is 2.93 bits per heavy atom. The molecule has 0 aromatic carbocycles. The van der Waals surface area contributed by atoms with E-state index in [9.17, 15) is 0 Å². The van der Waals surface area contributed by atoms with E-state index in [1.165, 1.54) is 0 Å². The van der Waals surface area contributed by atoms with E-state index in [1.807, 2.05) is 18.2 Å². The van der Waals surface area contributed by atoms with Crippen molar-refractivity contribution >= 4 is 0 Å². The SMILES string of the molecule is C=CCNC(CN)c1ccc(CC)o1. The Kier molecular flexibility index (Phi) is 4.43. The van der Waals surface area contributed by atoms with E-state index >= 15 is 0 Å². The summed E-state index contributed by atoms with van der Waals surface area (Å²) < 4.78 is 5.61. The highest BCUT2D eigenvalue weighted by atomic mass is 16.3. The molecule has 3 nitrogen and oxygen atoms in total. The molecule has 1 aromatic rings. The summed E-state index contributed by atoms with van der Waals surface area (Å²) in [5.74, 6) is 1.91. The zero-order valence-electron chi connectivity index (χ0n) is 8.62. The van der Waals surface area contributed by atoms with Crippen LogP contribution in [0.2, 0.25) is 0 Å². The second kappa shape index (κ2) is 5.62. The Hall–Kier alpha value is -1.06. The van der Waals surface area contributed by atoms with Crippen molar-refractivity contribution in [1.82, 2.24) is 5.32 Å². The molecule has 0 aliphatic rings. The second-order valence-electron chi connectivity index (χ2n) is 3.14. The summed E-state index contributed by atoms with van der Waals surface area (Å²) in [5, 5.41) is 3.24. The lowest BCUT2D eigenvalue weighted by Crippen LogP contribution is -2.27. The first-order valence-corrected chi connectivity index (χ1v) is 4.94. The van der Waals surface area contributed by atoms with Crippen LogP contribution in [0.3, 0.4) is 0 Å². The largest absolute Gasteiger partial charge is 0.464 e. The second-order valence-corrected chi connectivity index (χ2v) is 3.14. The van der Waals surface area contributed by atoms with Gasteiger partial charge in [0.25, 0.3) is 0 Å². The lowest BCUT2D eigenvalue weighted by Gasteiger charge is -2.12. The zero-order chi connectivity index (χ0) is 10.4. The average molecular weight is 194 g/mol. The molecule has 0 aliphatic carbocycles. The molecule has 0 saturated carbocycles. The van der Waals surface area contributed by atoms with Crippen molar-refractivity contribution in [2.75, 3.05) is 13.1 Å². The van der Waals surface area contributed by atoms with Crippen molar-refractivity contribution in [2.45, 2.75) is 19.4 Å². The number of hydrogen-bond acceptors (Lipinski definition) is 3. The van der Waals surface area contributed by atoms with Gasteiger partial charge in [0.1, 0.15) is 11.5 Å². The van der Waals surface area contributed by atoms with Crippen molar-refractivity contribution in [3.8, 4) is 0 Å². The molecular weight excluding hydrogens is 176 g/mol. The lowest BCUT2D eigenvalue weighted by atomic mass is 10.2. The van der Waals surface area contributed by atoms with Gasteiger partial charge < -0.3 is 15.5 Å². The number of nitrogens with two attached hydrogens (primary N) is 1. The maximum absolute atomic E-state index is 5.64. The van der Waals surface area contributed by atoms with E-state index in [4.69, 9.17) is 10.2 Å². The van der Waals surface area contributed by atoms with E-state index in [2.05, 4.69) is 18.8 Å². The van der Waals surface area contributed by atoms with E-state index < -0.39 is 0 Å². The molecule has 1 atom stereocenters. The van der Waals surface area contributed by atoms with Crippen LogP contribution in [-0.2, 0) is 6.42 Å². The maximum atomic E-state index is 5.64. The summed E-state index contributed by atoms with van der Waals surface area (Å²) in [7, 11) is 0. The van der Waals surface area contributed by atoms with Gasteiger partial charge in [-0.2, -0.15) is 0 Å². The van der Waals surface area contributed by atoms with Gasteiger partial charge in [-0.3, -0.25) is 0 Å². The van der Waals surface area contributed by atoms with Gasteiger partial charge in [-0.1, -0.05) is 13.0 Å². The van der Waals surface area contributed by atoms with Crippen LogP contribution in [0.25, 0.3) is 0 Å². The Morgan fingerprint density at radius 1 is 1.64 bits per heavy atom.